The normalized spacial score (nSPS) is 11.2. The van der Waals surface area contributed by atoms with Crippen LogP contribution in [0.2, 0.25) is 0 Å². The maximum Gasteiger partial charge on any atom is 0.343 e. The Morgan fingerprint density at radius 1 is 0.900 bits per heavy atom. The Labute approximate surface area is 194 Å². The van der Waals surface area contributed by atoms with Crippen molar-refractivity contribution in [1.29, 1.82) is 0 Å². The molecule has 0 heterocycles. The Kier molecular flexibility index (Phi) is 7.37. The second-order valence-electron chi connectivity index (χ2n) is 8.01. The fourth-order valence-electron chi connectivity index (χ4n) is 3.00. The van der Waals surface area contributed by atoms with Gasteiger partial charge in [-0.15, -0.1) is 0 Å². The molecule has 0 aromatic heterocycles. The van der Waals surface area contributed by atoms with Gasteiger partial charge in [0.1, 0.15) is 11.5 Å². The lowest BCUT2D eigenvalue weighted by atomic mass is 9.86. The minimum absolute atomic E-state index is 0.156. The van der Waals surface area contributed by atoms with Gasteiger partial charge in [0.15, 0.2) is 0 Å². The molecule has 0 saturated heterocycles. The van der Waals surface area contributed by atoms with Crippen molar-refractivity contribution in [3.63, 3.8) is 0 Å². The molecule has 0 aliphatic heterocycles. The molecule has 3 aromatic rings. The van der Waals surface area contributed by atoms with Crippen molar-refractivity contribution in [2.24, 2.45) is 0 Å². The molecule has 0 radical (unpaired) electrons. The van der Waals surface area contributed by atoms with Crippen LogP contribution in [0, 0.1) is 0 Å². The summed E-state index contributed by atoms with van der Waals surface area (Å²) in [5, 5.41) is 0. The number of ether oxygens (including phenoxy) is 2. The molecule has 0 bridgehead atoms. The highest BCUT2D eigenvalue weighted by atomic mass is 79.9. The van der Waals surface area contributed by atoms with E-state index in [-0.39, 0.29) is 5.41 Å². The molecule has 0 atom stereocenters. The maximum atomic E-state index is 12.7. The van der Waals surface area contributed by atoms with Crippen LogP contribution >= 0.6 is 31.9 Å². The molecular weight excluding hydrogens is 508 g/mol. The molecule has 0 aliphatic rings. The van der Waals surface area contributed by atoms with Crippen LogP contribution in [-0.4, -0.2) is 12.6 Å². The molecule has 3 aromatic carbocycles. The molecule has 0 saturated carbocycles. The molecule has 0 fully saturated rings. The third-order valence-corrected chi connectivity index (χ3v) is 5.72. The van der Waals surface area contributed by atoms with Crippen molar-refractivity contribution in [2.75, 3.05) is 6.61 Å². The van der Waals surface area contributed by atoms with Gasteiger partial charge in [0.2, 0.25) is 0 Å². The quantitative estimate of drug-likeness (QED) is 0.246. The Morgan fingerprint density at radius 2 is 1.60 bits per heavy atom. The summed E-state index contributed by atoms with van der Waals surface area (Å²) in [6.07, 6.45) is 0.816. The molecular formula is C25H24Br2O3. The van der Waals surface area contributed by atoms with E-state index in [1.807, 2.05) is 36.4 Å². The predicted octanol–water partition coefficient (Wildman–Crippen LogP) is 7.35. The monoisotopic (exact) mass is 530 g/mol. The smallest absolute Gasteiger partial charge is 0.343 e. The summed E-state index contributed by atoms with van der Waals surface area (Å²) < 4.78 is 13.3. The summed E-state index contributed by atoms with van der Waals surface area (Å²) in [6, 6.07) is 21.1. The summed E-state index contributed by atoms with van der Waals surface area (Å²) in [5.74, 6) is 0.857. The molecule has 30 heavy (non-hydrogen) atoms. The maximum absolute atomic E-state index is 12.7. The number of carbonyl (C=O) groups excluding carboxylic acids is 1. The van der Waals surface area contributed by atoms with E-state index >= 15 is 0 Å². The highest BCUT2D eigenvalue weighted by Gasteiger charge is 2.22. The van der Waals surface area contributed by atoms with E-state index in [0.29, 0.717) is 23.7 Å². The van der Waals surface area contributed by atoms with Crippen LogP contribution in [-0.2, 0) is 11.8 Å². The Hall–Kier alpha value is -2.11. The Morgan fingerprint density at radius 3 is 2.27 bits per heavy atom. The Bertz CT molecular complexity index is 1020. The third kappa shape index (κ3) is 5.96. The first-order valence-electron chi connectivity index (χ1n) is 9.72. The van der Waals surface area contributed by atoms with Crippen molar-refractivity contribution in [2.45, 2.75) is 32.6 Å². The molecule has 0 spiro atoms. The molecule has 0 unspecified atom stereocenters. The zero-order valence-corrected chi connectivity index (χ0v) is 20.4. The zero-order valence-electron chi connectivity index (χ0n) is 17.2. The first kappa shape index (κ1) is 22.6. The van der Waals surface area contributed by atoms with Crippen molar-refractivity contribution in [1.82, 2.24) is 0 Å². The van der Waals surface area contributed by atoms with Gasteiger partial charge in [-0.2, -0.15) is 0 Å². The molecule has 0 aliphatic carbocycles. The second-order valence-corrected chi connectivity index (χ2v) is 9.78. The van der Waals surface area contributed by atoms with Crippen LogP contribution in [0.1, 0.15) is 42.3 Å². The standard InChI is InChI=1S/C25H24Br2O3/c1-25(2,3)20-16-19(26)10-12-22(20)30-24(28)18-9-11-23(21(27)15-18)29-14-13-17-7-5-4-6-8-17/h4-12,15-16H,13-14H2,1-3H3. The average Bonchev–Trinajstić information content (AvgIpc) is 2.70. The lowest BCUT2D eigenvalue weighted by Crippen LogP contribution is -2.16. The van der Waals surface area contributed by atoms with E-state index < -0.39 is 5.97 Å². The second kappa shape index (κ2) is 9.80. The van der Waals surface area contributed by atoms with E-state index in [9.17, 15) is 4.79 Å². The predicted molar refractivity (Wildman–Crippen MR) is 128 cm³/mol. The fourth-order valence-corrected chi connectivity index (χ4v) is 3.86. The van der Waals surface area contributed by atoms with E-state index in [4.69, 9.17) is 9.47 Å². The van der Waals surface area contributed by atoms with Crippen molar-refractivity contribution < 1.29 is 14.3 Å². The first-order chi connectivity index (χ1) is 14.2. The van der Waals surface area contributed by atoms with Gasteiger partial charge in [0.25, 0.3) is 0 Å². The average molecular weight is 532 g/mol. The summed E-state index contributed by atoms with van der Waals surface area (Å²) in [5.41, 5.74) is 2.49. The SMILES string of the molecule is CC(C)(C)c1cc(Br)ccc1OC(=O)c1ccc(OCCc2ccccc2)c(Br)c1. The van der Waals surface area contributed by atoms with E-state index in [0.717, 1.165) is 20.9 Å². The van der Waals surface area contributed by atoms with Crippen LogP contribution in [0.15, 0.2) is 75.7 Å². The summed E-state index contributed by atoms with van der Waals surface area (Å²) in [7, 11) is 0. The number of hydrogen-bond donors (Lipinski definition) is 0. The first-order valence-corrected chi connectivity index (χ1v) is 11.3. The van der Waals surface area contributed by atoms with Crippen LogP contribution in [0.25, 0.3) is 0 Å². The summed E-state index contributed by atoms with van der Waals surface area (Å²) >= 11 is 7.00. The summed E-state index contributed by atoms with van der Waals surface area (Å²) in [4.78, 5) is 12.7. The molecule has 3 nitrogen and oxygen atoms in total. The molecule has 0 N–H and O–H groups in total. The zero-order chi connectivity index (χ0) is 21.7. The van der Waals surface area contributed by atoms with Gasteiger partial charge < -0.3 is 9.47 Å². The highest BCUT2D eigenvalue weighted by molar-refractivity contribution is 9.10. The third-order valence-electron chi connectivity index (χ3n) is 4.61. The van der Waals surface area contributed by atoms with Gasteiger partial charge in [0.05, 0.1) is 16.6 Å². The largest absolute Gasteiger partial charge is 0.492 e. The van der Waals surface area contributed by atoms with Crippen LogP contribution in [0.4, 0.5) is 0 Å². The van der Waals surface area contributed by atoms with E-state index in [1.165, 1.54) is 5.56 Å². The van der Waals surface area contributed by atoms with Crippen molar-refractivity contribution >= 4 is 37.8 Å². The number of benzene rings is 3. The van der Waals surface area contributed by atoms with Gasteiger partial charge >= 0.3 is 5.97 Å². The molecule has 3 rings (SSSR count). The topological polar surface area (TPSA) is 35.5 Å². The highest BCUT2D eigenvalue weighted by Crippen LogP contribution is 2.34. The van der Waals surface area contributed by atoms with Crippen molar-refractivity contribution in [3.05, 3.63) is 92.4 Å². The van der Waals surface area contributed by atoms with Gasteiger partial charge in [-0.1, -0.05) is 67.0 Å². The van der Waals surface area contributed by atoms with Crippen LogP contribution in [0.5, 0.6) is 11.5 Å². The van der Waals surface area contributed by atoms with Crippen LogP contribution in [0.3, 0.4) is 0 Å². The number of esters is 1. The molecule has 0 amide bonds. The fraction of sp³-hybridized carbons (Fsp3) is 0.240. The molecule has 5 heteroatoms. The summed E-state index contributed by atoms with van der Waals surface area (Å²) in [6.45, 7) is 6.82. The van der Waals surface area contributed by atoms with Gasteiger partial charge in [-0.25, -0.2) is 4.79 Å². The lowest BCUT2D eigenvalue weighted by Gasteiger charge is -2.22. The van der Waals surface area contributed by atoms with Gasteiger partial charge in [-0.05, 0) is 63.3 Å². The van der Waals surface area contributed by atoms with Crippen molar-refractivity contribution in [3.8, 4) is 11.5 Å². The van der Waals surface area contributed by atoms with Crippen LogP contribution < -0.4 is 9.47 Å². The van der Waals surface area contributed by atoms with Gasteiger partial charge in [0, 0.05) is 16.5 Å². The number of carbonyl (C=O) groups is 1. The number of halogens is 2. The molecule has 156 valence electrons. The minimum atomic E-state index is -0.403. The Balaban J connectivity index is 1.68. The van der Waals surface area contributed by atoms with E-state index in [2.05, 4.69) is 64.8 Å². The number of hydrogen-bond acceptors (Lipinski definition) is 3. The van der Waals surface area contributed by atoms with E-state index in [1.54, 1.807) is 18.2 Å². The number of rotatable bonds is 6. The lowest BCUT2D eigenvalue weighted by molar-refractivity contribution is 0.0731. The van der Waals surface area contributed by atoms with Gasteiger partial charge in [-0.3, -0.25) is 0 Å². The minimum Gasteiger partial charge on any atom is -0.492 e.